The Kier molecular flexibility index (Phi) is 6.57. The fourth-order valence-corrected chi connectivity index (χ4v) is 5.17. The quantitative estimate of drug-likeness (QED) is 0.531. The van der Waals surface area contributed by atoms with Crippen LogP contribution < -0.4 is 9.62 Å². The first-order chi connectivity index (χ1) is 15.8. The van der Waals surface area contributed by atoms with Crippen molar-refractivity contribution in [3.8, 4) is 11.1 Å². The van der Waals surface area contributed by atoms with Crippen LogP contribution in [0.15, 0.2) is 83.8 Å². The largest absolute Gasteiger partial charge is 0.480 e. The summed E-state index contributed by atoms with van der Waals surface area (Å²) >= 11 is 0. The van der Waals surface area contributed by atoms with Crippen molar-refractivity contribution in [1.29, 1.82) is 0 Å². The highest BCUT2D eigenvalue weighted by atomic mass is 32.2. The van der Waals surface area contributed by atoms with Crippen molar-refractivity contribution in [1.82, 2.24) is 4.72 Å². The first-order valence-corrected chi connectivity index (χ1v) is 12.1. The third-order valence-electron chi connectivity index (χ3n) is 5.70. The Labute approximate surface area is 192 Å². The topological polar surface area (TPSA) is 104 Å². The number of fused-ring (bicyclic) bond motifs is 1. The number of carboxylic acids is 1. The molecule has 0 saturated heterocycles. The molecule has 1 amide bonds. The minimum absolute atomic E-state index is 0.0340. The molecule has 3 aromatic carbocycles. The molecule has 1 unspecified atom stereocenters. The molecular formula is C25H24N2O5S. The Morgan fingerprint density at radius 2 is 1.55 bits per heavy atom. The van der Waals surface area contributed by atoms with Crippen LogP contribution in [0, 0.1) is 0 Å². The lowest BCUT2D eigenvalue weighted by Gasteiger charge is -2.19. The number of sulfonamides is 1. The average molecular weight is 465 g/mol. The summed E-state index contributed by atoms with van der Waals surface area (Å²) in [5.41, 5.74) is 3.69. The molecule has 0 radical (unpaired) electrons. The molecule has 8 heteroatoms. The SMILES string of the molecule is O=C(O)C(CCC(=O)N1CCc2ccccc21)NS(=O)(=O)c1ccc(-c2ccccc2)cc1. The van der Waals surface area contributed by atoms with Gasteiger partial charge in [0.2, 0.25) is 15.9 Å². The molecule has 1 aliphatic rings. The zero-order chi connectivity index (χ0) is 23.4. The van der Waals surface area contributed by atoms with Gasteiger partial charge in [0, 0.05) is 18.7 Å². The molecule has 3 aromatic rings. The summed E-state index contributed by atoms with van der Waals surface area (Å²) in [4.78, 5) is 26.0. The van der Waals surface area contributed by atoms with Gasteiger partial charge in [0.15, 0.2) is 0 Å². The number of anilines is 1. The summed E-state index contributed by atoms with van der Waals surface area (Å²) in [6.07, 6.45) is 0.519. The van der Waals surface area contributed by atoms with E-state index in [0.717, 1.165) is 28.8 Å². The molecule has 0 spiro atoms. The summed E-state index contributed by atoms with van der Waals surface area (Å²) in [6.45, 7) is 0.537. The van der Waals surface area contributed by atoms with Gasteiger partial charge in [-0.15, -0.1) is 0 Å². The molecule has 0 aliphatic carbocycles. The Morgan fingerprint density at radius 1 is 0.909 bits per heavy atom. The van der Waals surface area contributed by atoms with E-state index >= 15 is 0 Å². The van der Waals surface area contributed by atoms with Crippen LogP contribution >= 0.6 is 0 Å². The van der Waals surface area contributed by atoms with Crippen molar-refractivity contribution < 1.29 is 23.1 Å². The molecule has 1 aliphatic heterocycles. The number of nitrogens with one attached hydrogen (secondary N) is 1. The summed E-state index contributed by atoms with van der Waals surface area (Å²) in [7, 11) is -4.07. The van der Waals surface area contributed by atoms with Gasteiger partial charge in [0.25, 0.3) is 0 Å². The maximum atomic E-state index is 12.8. The second-order valence-electron chi connectivity index (χ2n) is 7.87. The van der Waals surface area contributed by atoms with Gasteiger partial charge in [-0.3, -0.25) is 9.59 Å². The van der Waals surface area contributed by atoms with Gasteiger partial charge in [0.1, 0.15) is 6.04 Å². The molecule has 0 fully saturated rings. The molecule has 33 heavy (non-hydrogen) atoms. The predicted molar refractivity (Wildman–Crippen MR) is 125 cm³/mol. The van der Waals surface area contributed by atoms with E-state index in [4.69, 9.17) is 0 Å². The first kappa shape index (κ1) is 22.7. The predicted octanol–water partition coefficient (Wildman–Crippen LogP) is 3.45. The number of benzene rings is 3. The van der Waals surface area contributed by atoms with Crippen LogP contribution in [-0.2, 0) is 26.0 Å². The van der Waals surface area contributed by atoms with E-state index in [2.05, 4.69) is 4.72 Å². The van der Waals surface area contributed by atoms with E-state index in [-0.39, 0.29) is 23.6 Å². The van der Waals surface area contributed by atoms with Crippen molar-refractivity contribution in [3.63, 3.8) is 0 Å². The average Bonchev–Trinajstić information content (AvgIpc) is 3.26. The Bertz CT molecular complexity index is 1260. The molecule has 1 atom stereocenters. The highest BCUT2D eigenvalue weighted by Crippen LogP contribution is 2.28. The van der Waals surface area contributed by atoms with Gasteiger partial charge < -0.3 is 10.0 Å². The number of rotatable bonds is 8. The van der Waals surface area contributed by atoms with E-state index in [1.165, 1.54) is 12.1 Å². The van der Waals surface area contributed by atoms with E-state index in [0.29, 0.717) is 6.54 Å². The number of carbonyl (C=O) groups excluding carboxylic acids is 1. The number of carboxylic acid groups (broad SMARTS) is 1. The minimum atomic E-state index is -4.07. The summed E-state index contributed by atoms with van der Waals surface area (Å²) < 4.78 is 27.8. The molecule has 0 bridgehead atoms. The Morgan fingerprint density at radius 3 is 2.24 bits per heavy atom. The highest BCUT2D eigenvalue weighted by molar-refractivity contribution is 7.89. The fourth-order valence-electron chi connectivity index (χ4n) is 3.95. The summed E-state index contributed by atoms with van der Waals surface area (Å²) in [5.74, 6) is -1.55. The molecule has 0 aromatic heterocycles. The smallest absolute Gasteiger partial charge is 0.321 e. The fraction of sp³-hybridized carbons (Fsp3) is 0.200. The molecule has 1 heterocycles. The molecule has 4 rings (SSSR count). The molecule has 170 valence electrons. The van der Waals surface area contributed by atoms with Crippen molar-refractivity contribution in [2.45, 2.75) is 30.2 Å². The van der Waals surface area contributed by atoms with Crippen molar-refractivity contribution in [2.75, 3.05) is 11.4 Å². The number of carbonyl (C=O) groups is 2. The zero-order valence-corrected chi connectivity index (χ0v) is 18.7. The van der Waals surface area contributed by atoms with Crippen molar-refractivity contribution >= 4 is 27.6 Å². The van der Waals surface area contributed by atoms with Crippen LogP contribution in [0.5, 0.6) is 0 Å². The zero-order valence-electron chi connectivity index (χ0n) is 17.8. The van der Waals surface area contributed by atoms with Crippen LogP contribution in [-0.4, -0.2) is 38.0 Å². The van der Waals surface area contributed by atoms with Gasteiger partial charge in [-0.05, 0) is 47.7 Å². The van der Waals surface area contributed by atoms with E-state index in [1.54, 1.807) is 17.0 Å². The lowest BCUT2D eigenvalue weighted by atomic mass is 10.1. The van der Waals surface area contributed by atoms with Crippen molar-refractivity contribution in [3.05, 3.63) is 84.4 Å². The number of aliphatic carboxylic acids is 1. The van der Waals surface area contributed by atoms with E-state index < -0.39 is 22.0 Å². The molecule has 7 nitrogen and oxygen atoms in total. The maximum Gasteiger partial charge on any atom is 0.321 e. The number of nitrogens with zero attached hydrogens (tertiary/aromatic N) is 1. The molecule has 0 saturated carbocycles. The van der Waals surface area contributed by atoms with E-state index in [9.17, 15) is 23.1 Å². The number of hydrogen-bond acceptors (Lipinski definition) is 4. The van der Waals surface area contributed by atoms with Gasteiger partial charge in [-0.2, -0.15) is 4.72 Å². The third kappa shape index (κ3) is 5.13. The van der Waals surface area contributed by atoms with Crippen molar-refractivity contribution in [2.24, 2.45) is 0 Å². The van der Waals surface area contributed by atoms with Gasteiger partial charge in [-0.1, -0.05) is 60.7 Å². The van der Waals surface area contributed by atoms with Crippen LogP contribution in [0.4, 0.5) is 5.69 Å². The maximum absolute atomic E-state index is 12.8. The lowest BCUT2D eigenvalue weighted by Crippen LogP contribution is -2.41. The molecular weight excluding hydrogens is 440 g/mol. The number of amides is 1. The normalized spacial score (nSPS) is 14.0. The van der Waals surface area contributed by atoms with Crippen LogP contribution in [0.1, 0.15) is 18.4 Å². The minimum Gasteiger partial charge on any atom is -0.480 e. The van der Waals surface area contributed by atoms with Gasteiger partial charge >= 0.3 is 5.97 Å². The first-order valence-electron chi connectivity index (χ1n) is 10.6. The van der Waals surface area contributed by atoms with Crippen LogP contribution in [0.25, 0.3) is 11.1 Å². The van der Waals surface area contributed by atoms with Crippen LogP contribution in [0.2, 0.25) is 0 Å². The van der Waals surface area contributed by atoms with Gasteiger partial charge in [0.05, 0.1) is 4.90 Å². The third-order valence-corrected chi connectivity index (χ3v) is 7.19. The monoisotopic (exact) mass is 464 g/mol. The lowest BCUT2D eigenvalue weighted by molar-refractivity contribution is -0.139. The Balaban J connectivity index is 1.42. The second kappa shape index (κ2) is 9.56. The second-order valence-corrected chi connectivity index (χ2v) is 9.58. The molecule has 2 N–H and O–H groups in total. The standard InChI is InChI=1S/C25H24N2O5S/c28-24(27-17-16-20-8-4-5-9-23(20)27)15-14-22(25(29)30)26-33(31,32)21-12-10-19(11-13-21)18-6-2-1-3-7-18/h1-13,22,26H,14-17H2,(H,29,30). The Hall–Kier alpha value is -3.49. The highest BCUT2D eigenvalue weighted by Gasteiger charge is 2.29. The number of para-hydroxylation sites is 1. The van der Waals surface area contributed by atoms with E-state index in [1.807, 2.05) is 54.6 Å². The van der Waals surface area contributed by atoms with Gasteiger partial charge in [-0.25, -0.2) is 8.42 Å². The summed E-state index contributed by atoms with van der Waals surface area (Å²) in [5, 5.41) is 9.56. The van der Waals surface area contributed by atoms with Crippen LogP contribution in [0.3, 0.4) is 0 Å². The summed E-state index contributed by atoms with van der Waals surface area (Å²) in [6, 6.07) is 21.9. The number of hydrogen-bond donors (Lipinski definition) is 2.